The minimum atomic E-state index is 0.210. The van der Waals surface area contributed by atoms with Crippen LogP contribution in [0.2, 0.25) is 0 Å². The summed E-state index contributed by atoms with van der Waals surface area (Å²) < 4.78 is 5.59. The van der Waals surface area contributed by atoms with Crippen LogP contribution in [0.15, 0.2) is 24.3 Å². The molecule has 84 valence electrons. The maximum atomic E-state index is 5.59. The molecule has 1 rings (SSSR count). The van der Waals surface area contributed by atoms with Crippen molar-refractivity contribution in [3.63, 3.8) is 0 Å². The Kier molecular flexibility index (Phi) is 4.83. The minimum Gasteiger partial charge on any atom is -0.374 e. The molecule has 1 heteroatoms. The summed E-state index contributed by atoms with van der Waals surface area (Å²) >= 11 is 0. The van der Waals surface area contributed by atoms with E-state index in [0.717, 1.165) is 13.0 Å². The number of rotatable bonds is 5. The van der Waals surface area contributed by atoms with Crippen LogP contribution in [-0.4, -0.2) is 6.61 Å². The zero-order valence-corrected chi connectivity index (χ0v) is 10.3. The fourth-order valence-corrected chi connectivity index (χ4v) is 1.79. The van der Waals surface area contributed by atoms with Gasteiger partial charge in [-0.1, -0.05) is 38.1 Å². The summed E-state index contributed by atoms with van der Waals surface area (Å²) in [4.78, 5) is 0. The number of hydrogen-bond acceptors (Lipinski definition) is 1. The molecule has 0 radical (unpaired) electrons. The lowest BCUT2D eigenvalue weighted by Crippen LogP contribution is -2.01. The van der Waals surface area contributed by atoms with Crippen molar-refractivity contribution in [1.82, 2.24) is 0 Å². The Morgan fingerprint density at radius 1 is 1.20 bits per heavy atom. The second-order valence-corrected chi connectivity index (χ2v) is 4.44. The first-order valence-electron chi connectivity index (χ1n) is 5.84. The van der Waals surface area contributed by atoms with Gasteiger partial charge in [-0.15, -0.1) is 0 Å². The van der Waals surface area contributed by atoms with E-state index < -0.39 is 0 Å². The highest BCUT2D eigenvalue weighted by Gasteiger charge is 2.05. The Bertz CT molecular complexity index is 291. The van der Waals surface area contributed by atoms with E-state index in [-0.39, 0.29) is 6.10 Å². The smallest absolute Gasteiger partial charge is 0.0796 e. The van der Waals surface area contributed by atoms with Crippen molar-refractivity contribution in [1.29, 1.82) is 0 Å². The Balaban J connectivity index is 2.73. The predicted octanol–water partition coefficient (Wildman–Crippen LogP) is 3.98. The van der Waals surface area contributed by atoms with Crippen molar-refractivity contribution in [3.8, 4) is 0 Å². The Morgan fingerprint density at radius 2 is 1.93 bits per heavy atom. The molecular formula is C14H22O. The molecule has 0 N–H and O–H groups in total. The molecule has 0 saturated heterocycles. The van der Waals surface area contributed by atoms with Crippen LogP contribution in [-0.2, 0) is 11.2 Å². The Labute approximate surface area is 93.5 Å². The van der Waals surface area contributed by atoms with Crippen LogP contribution >= 0.6 is 0 Å². The molecular weight excluding hydrogens is 184 g/mol. The highest BCUT2D eigenvalue weighted by atomic mass is 16.5. The molecule has 0 spiro atoms. The summed E-state index contributed by atoms with van der Waals surface area (Å²) in [6.45, 7) is 9.42. The molecule has 0 aromatic heterocycles. The zero-order valence-electron chi connectivity index (χ0n) is 10.3. The molecule has 0 aliphatic rings. The van der Waals surface area contributed by atoms with Gasteiger partial charge in [0.15, 0.2) is 0 Å². The van der Waals surface area contributed by atoms with Crippen LogP contribution < -0.4 is 0 Å². The lowest BCUT2D eigenvalue weighted by atomic mass is 9.99. The van der Waals surface area contributed by atoms with Crippen LogP contribution in [0.5, 0.6) is 0 Å². The number of ether oxygens (including phenoxy) is 1. The molecule has 1 nitrogen and oxygen atoms in total. The molecule has 1 unspecified atom stereocenters. The summed E-state index contributed by atoms with van der Waals surface area (Å²) in [5.74, 6) is 0.711. The zero-order chi connectivity index (χ0) is 11.3. The van der Waals surface area contributed by atoms with Crippen molar-refractivity contribution < 1.29 is 4.74 Å². The fourth-order valence-electron chi connectivity index (χ4n) is 1.79. The van der Waals surface area contributed by atoms with Crippen LogP contribution in [0.3, 0.4) is 0 Å². The van der Waals surface area contributed by atoms with Gasteiger partial charge in [0.25, 0.3) is 0 Å². The monoisotopic (exact) mass is 206 g/mol. The number of benzene rings is 1. The molecule has 1 atom stereocenters. The summed E-state index contributed by atoms with van der Waals surface area (Å²) in [7, 11) is 0. The SMILES string of the molecule is CCOC(C)c1cccc(CC(C)C)c1. The summed E-state index contributed by atoms with van der Waals surface area (Å²) in [6, 6.07) is 8.73. The quantitative estimate of drug-likeness (QED) is 0.708. The van der Waals surface area contributed by atoms with Gasteiger partial charge in [-0.2, -0.15) is 0 Å². The maximum Gasteiger partial charge on any atom is 0.0796 e. The summed E-state index contributed by atoms with van der Waals surface area (Å²) in [5, 5.41) is 0. The van der Waals surface area contributed by atoms with Gasteiger partial charge < -0.3 is 4.74 Å². The van der Waals surface area contributed by atoms with Gasteiger partial charge in [-0.05, 0) is 37.3 Å². The molecule has 1 aromatic rings. The first kappa shape index (κ1) is 12.3. The summed E-state index contributed by atoms with van der Waals surface area (Å²) in [6.07, 6.45) is 1.36. The van der Waals surface area contributed by atoms with E-state index in [1.807, 2.05) is 6.92 Å². The standard InChI is InChI=1S/C14H22O/c1-5-15-12(4)14-8-6-7-13(10-14)9-11(2)3/h6-8,10-12H,5,9H2,1-4H3. The number of hydrogen-bond donors (Lipinski definition) is 0. The Morgan fingerprint density at radius 3 is 2.53 bits per heavy atom. The first-order valence-corrected chi connectivity index (χ1v) is 5.84. The molecule has 0 bridgehead atoms. The fraction of sp³-hybridized carbons (Fsp3) is 0.571. The van der Waals surface area contributed by atoms with E-state index in [1.54, 1.807) is 0 Å². The van der Waals surface area contributed by atoms with Crippen LogP contribution in [0.4, 0.5) is 0 Å². The van der Waals surface area contributed by atoms with Gasteiger partial charge in [0, 0.05) is 6.61 Å². The molecule has 1 aromatic carbocycles. The van der Waals surface area contributed by atoms with Gasteiger partial charge in [-0.25, -0.2) is 0 Å². The van der Waals surface area contributed by atoms with E-state index in [4.69, 9.17) is 4.74 Å². The molecule has 0 aliphatic carbocycles. The third kappa shape index (κ3) is 4.05. The summed E-state index contributed by atoms with van der Waals surface area (Å²) in [5.41, 5.74) is 2.70. The van der Waals surface area contributed by atoms with Crippen molar-refractivity contribution in [2.24, 2.45) is 5.92 Å². The van der Waals surface area contributed by atoms with Gasteiger partial charge in [-0.3, -0.25) is 0 Å². The second-order valence-electron chi connectivity index (χ2n) is 4.44. The van der Waals surface area contributed by atoms with Crippen molar-refractivity contribution in [2.45, 2.75) is 40.2 Å². The molecule has 0 heterocycles. The van der Waals surface area contributed by atoms with Gasteiger partial charge in [0.05, 0.1) is 6.10 Å². The highest BCUT2D eigenvalue weighted by molar-refractivity contribution is 5.25. The van der Waals surface area contributed by atoms with Gasteiger partial charge in [0.1, 0.15) is 0 Å². The third-order valence-electron chi connectivity index (χ3n) is 2.48. The average Bonchev–Trinajstić information content (AvgIpc) is 2.17. The molecule has 0 aliphatic heterocycles. The second kappa shape index (κ2) is 5.92. The molecule has 0 saturated carbocycles. The lowest BCUT2D eigenvalue weighted by Gasteiger charge is -2.13. The molecule has 0 fully saturated rings. The predicted molar refractivity (Wildman–Crippen MR) is 65.0 cm³/mol. The average molecular weight is 206 g/mol. The first-order chi connectivity index (χ1) is 7.13. The van der Waals surface area contributed by atoms with E-state index >= 15 is 0 Å². The normalized spacial score (nSPS) is 13.1. The van der Waals surface area contributed by atoms with E-state index in [9.17, 15) is 0 Å². The minimum absolute atomic E-state index is 0.210. The topological polar surface area (TPSA) is 9.23 Å². The van der Waals surface area contributed by atoms with E-state index in [1.165, 1.54) is 11.1 Å². The van der Waals surface area contributed by atoms with Crippen LogP contribution in [0.1, 0.15) is 44.9 Å². The van der Waals surface area contributed by atoms with Gasteiger partial charge >= 0.3 is 0 Å². The Hall–Kier alpha value is -0.820. The van der Waals surface area contributed by atoms with Crippen molar-refractivity contribution >= 4 is 0 Å². The van der Waals surface area contributed by atoms with Crippen LogP contribution in [0, 0.1) is 5.92 Å². The van der Waals surface area contributed by atoms with E-state index in [0.29, 0.717) is 5.92 Å². The van der Waals surface area contributed by atoms with Crippen molar-refractivity contribution in [2.75, 3.05) is 6.61 Å². The third-order valence-corrected chi connectivity index (χ3v) is 2.48. The van der Waals surface area contributed by atoms with Gasteiger partial charge in [0.2, 0.25) is 0 Å². The van der Waals surface area contributed by atoms with Crippen LogP contribution in [0.25, 0.3) is 0 Å². The maximum absolute atomic E-state index is 5.59. The van der Waals surface area contributed by atoms with Crippen molar-refractivity contribution in [3.05, 3.63) is 35.4 Å². The molecule has 15 heavy (non-hydrogen) atoms. The largest absolute Gasteiger partial charge is 0.374 e. The molecule has 0 amide bonds. The lowest BCUT2D eigenvalue weighted by molar-refractivity contribution is 0.0763. The van der Waals surface area contributed by atoms with E-state index in [2.05, 4.69) is 45.0 Å². The highest BCUT2D eigenvalue weighted by Crippen LogP contribution is 2.19.